The summed E-state index contributed by atoms with van der Waals surface area (Å²) in [5, 5.41) is 4.09. The number of rotatable bonds is 4. The fraction of sp³-hybridized carbons (Fsp3) is 1.00. The molecule has 0 aromatic heterocycles. The molecule has 0 amide bonds. The third kappa shape index (κ3) is 2.66. The number of hydrogen-bond acceptors (Lipinski definition) is 2. The third-order valence-electron chi connectivity index (χ3n) is 6.46. The van der Waals surface area contributed by atoms with Crippen molar-refractivity contribution in [2.24, 2.45) is 11.3 Å². The molecule has 3 rings (SSSR count). The second-order valence-corrected chi connectivity index (χ2v) is 7.56. The van der Waals surface area contributed by atoms with Crippen molar-refractivity contribution in [3.05, 3.63) is 0 Å². The van der Waals surface area contributed by atoms with E-state index in [1.807, 2.05) is 0 Å². The van der Waals surface area contributed by atoms with Gasteiger partial charge >= 0.3 is 0 Å². The molecule has 2 nitrogen and oxygen atoms in total. The minimum absolute atomic E-state index is 0.502. The molecule has 3 fully saturated rings. The zero-order chi connectivity index (χ0) is 14.0. The van der Waals surface area contributed by atoms with Gasteiger partial charge in [0.1, 0.15) is 0 Å². The summed E-state index contributed by atoms with van der Waals surface area (Å²) in [5.74, 6) is 0.863. The van der Waals surface area contributed by atoms with E-state index < -0.39 is 0 Å². The minimum atomic E-state index is 0.502. The summed E-state index contributed by atoms with van der Waals surface area (Å²) in [6.07, 6.45) is 14.6. The smallest absolute Gasteiger partial charge is 0.0661 e. The maximum absolute atomic E-state index is 6.05. The standard InChI is InChI=1S/C18H33NO/c1-3-20-17-13-16(18(17)11-7-8-12-18)19-15-10-6-4-5-9-14(15)2/h14-17,19H,3-13H2,1-2H3. The lowest BCUT2D eigenvalue weighted by Crippen LogP contribution is -2.64. The molecule has 0 radical (unpaired) electrons. The monoisotopic (exact) mass is 279 g/mol. The largest absolute Gasteiger partial charge is 0.378 e. The van der Waals surface area contributed by atoms with Crippen LogP contribution >= 0.6 is 0 Å². The van der Waals surface area contributed by atoms with Gasteiger partial charge in [-0.05, 0) is 44.9 Å². The summed E-state index contributed by atoms with van der Waals surface area (Å²) in [6.45, 7) is 5.50. The summed E-state index contributed by atoms with van der Waals surface area (Å²) < 4.78 is 6.05. The van der Waals surface area contributed by atoms with Crippen molar-refractivity contribution >= 4 is 0 Å². The predicted molar refractivity (Wildman–Crippen MR) is 83.9 cm³/mol. The maximum Gasteiger partial charge on any atom is 0.0661 e. The highest BCUT2D eigenvalue weighted by Gasteiger charge is 2.56. The quantitative estimate of drug-likeness (QED) is 0.775. The van der Waals surface area contributed by atoms with Gasteiger partial charge in [0.25, 0.3) is 0 Å². The topological polar surface area (TPSA) is 21.3 Å². The molecule has 0 saturated heterocycles. The van der Waals surface area contributed by atoms with Crippen LogP contribution in [0.4, 0.5) is 0 Å². The van der Waals surface area contributed by atoms with E-state index in [9.17, 15) is 0 Å². The number of nitrogens with one attached hydrogen (secondary N) is 1. The summed E-state index contributed by atoms with van der Waals surface area (Å²) >= 11 is 0. The molecule has 4 unspecified atom stereocenters. The van der Waals surface area contributed by atoms with Gasteiger partial charge in [0, 0.05) is 24.1 Å². The molecule has 1 N–H and O–H groups in total. The van der Waals surface area contributed by atoms with Gasteiger partial charge < -0.3 is 10.1 Å². The van der Waals surface area contributed by atoms with Crippen molar-refractivity contribution in [2.75, 3.05) is 6.61 Å². The molecule has 20 heavy (non-hydrogen) atoms. The Kier molecular flexibility index (Phi) is 4.72. The second kappa shape index (κ2) is 6.36. The van der Waals surface area contributed by atoms with E-state index in [-0.39, 0.29) is 0 Å². The van der Waals surface area contributed by atoms with Crippen LogP contribution in [-0.2, 0) is 4.74 Å². The van der Waals surface area contributed by atoms with Gasteiger partial charge in [-0.25, -0.2) is 0 Å². The molecule has 0 heterocycles. The van der Waals surface area contributed by atoms with Crippen LogP contribution in [0.5, 0.6) is 0 Å². The number of hydrogen-bond donors (Lipinski definition) is 1. The van der Waals surface area contributed by atoms with Crippen molar-refractivity contribution in [3.8, 4) is 0 Å². The van der Waals surface area contributed by atoms with Gasteiger partial charge in [-0.2, -0.15) is 0 Å². The van der Waals surface area contributed by atoms with E-state index in [4.69, 9.17) is 4.74 Å². The molecule has 116 valence electrons. The van der Waals surface area contributed by atoms with E-state index in [2.05, 4.69) is 19.2 Å². The van der Waals surface area contributed by atoms with E-state index in [0.29, 0.717) is 11.5 Å². The Morgan fingerprint density at radius 2 is 1.80 bits per heavy atom. The normalized spacial score (nSPS) is 40.5. The van der Waals surface area contributed by atoms with Gasteiger partial charge in [0.05, 0.1) is 6.10 Å². The molecule has 0 aromatic carbocycles. The Morgan fingerprint density at radius 1 is 1.05 bits per heavy atom. The van der Waals surface area contributed by atoms with Gasteiger partial charge in [-0.1, -0.05) is 39.0 Å². The predicted octanol–water partition coefficient (Wildman–Crippen LogP) is 4.28. The average molecular weight is 279 g/mol. The Hall–Kier alpha value is -0.0800. The Balaban J connectivity index is 1.62. The molecule has 0 aliphatic heterocycles. The Bertz CT molecular complexity index is 311. The summed E-state index contributed by atoms with van der Waals surface area (Å²) in [6, 6.07) is 1.51. The van der Waals surface area contributed by atoms with Gasteiger partial charge in [0.15, 0.2) is 0 Å². The van der Waals surface area contributed by atoms with Crippen molar-refractivity contribution in [1.82, 2.24) is 5.32 Å². The Morgan fingerprint density at radius 3 is 2.55 bits per heavy atom. The molecule has 3 aliphatic rings. The van der Waals surface area contributed by atoms with Gasteiger partial charge in [-0.3, -0.25) is 0 Å². The molecule has 1 spiro atoms. The molecule has 3 saturated carbocycles. The van der Waals surface area contributed by atoms with Crippen molar-refractivity contribution < 1.29 is 4.74 Å². The van der Waals surface area contributed by atoms with Crippen LogP contribution in [0.3, 0.4) is 0 Å². The highest BCUT2D eigenvalue weighted by atomic mass is 16.5. The summed E-state index contributed by atoms with van der Waals surface area (Å²) in [7, 11) is 0. The molecular weight excluding hydrogens is 246 g/mol. The first kappa shape index (κ1) is 14.8. The molecular formula is C18H33NO. The van der Waals surface area contributed by atoms with Crippen molar-refractivity contribution in [3.63, 3.8) is 0 Å². The summed E-state index contributed by atoms with van der Waals surface area (Å²) in [4.78, 5) is 0. The van der Waals surface area contributed by atoms with E-state index in [1.165, 1.54) is 64.2 Å². The fourth-order valence-electron chi connectivity index (χ4n) is 5.12. The first-order valence-electron chi connectivity index (χ1n) is 9.14. The number of ether oxygens (including phenoxy) is 1. The SMILES string of the molecule is CCOC1CC(NC2CCCCCC2C)C12CCCC2. The van der Waals surface area contributed by atoms with E-state index in [0.717, 1.165) is 24.6 Å². The Labute approximate surface area is 125 Å². The molecule has 0 bridgehead atoms. The molecule has 3 aliphatic carbocycles. The maximum atomic E-state index is 6.05. The first-order valence-corrected chi connectivity index (χ1v) is 9.14. The fourth-order valence-corrected chi connectivity index (χ4v) is 5.12. The van der Waals surface area contributed by atoms with E-state index >= 15 is 0 Å². The lowest BCUT2D eigenvalue weighted by atomic mass is 9.60. The minimum Gasteiger partial charge on any atom is -0.378 e. The molecule has 2 heteroatoms. The molecule has 4 atom stereocenters. The van der Waals surface area contributed by atoms with Gasteiger partial charge in [-0.15, -0.1) is 0 Å². The van der Waals surface area contributed by atoms with Crippen LogP contribution in [0.1, 0.15) is 78.1 Å². The first-order chi connectivity index (χ1) is 9.76. The van der Waals surface area contributed by atoms with Crippen LogP contribution in [0.25, 0.3) is 0 Å². The lowest BCUT2D eigenvalue weighted by Gasteiger charge is -2.55. The van der Waals surface area contributed by atoms with Gasteiger partial charge in [0.2, 0.25) is 0 Å². The van der Waals surface area contributed by atoms with E-state index in [1.54, 1.807) is 0 Å². The van der Waals surface area contributed by atoms with Crippen molar-refractivity contribution in [2.45, 2.75) is 96.2 Å². The zero-order valence-corrected chi connectivity index (χ0v) is 13.5. The highest BCUT2D eigenvalue weighted by Crippen LogP contribution is 2.55. The second-order valence-electron chi connectivity index (χ2n) is 7.56. The zero-order valence-electron chi connectivity index (χ0n) is 13.5. The third-order valence-corrected chi connectivity index (χ3v) is 6.46. The average Bonchev–Trinajstić information content (AvgIpc) is 2.88. The highest BCUT2D eigenvalue weighted by molar-refractivity contribution is 5.10. The summed E-state index contributed by atoms with van der Waals surface area (Å²) in [5.41, 5.74) is 0.502. The van der Waals surface area contributed by atoms with Crippen LogP contribution in [0.2, 0.25) is 0 Å². The van der Waals surface area contributed by atoms with Crippen molar-refractivity contribution in [1.29, 1.82) is 0 Å². The van der Waals surface area contributed by atoms with Crippen LogP contribution in [0, 0.1) is 11.3 Å². The van der Waals surface area contributed by atoms with Crippen LogP contribution in [0.15, 0.2) is 0 Å². The van der Waals surface area contributed by atoms with Crippen LogP contribution < -0.4 is 5.32 Å². The molecule has 0 aromatic rings. The lowest BCUT2D eigenvalue weighted by molar-refractivity contribution is -0.133. The van der Waals surface area contributed by atoms with Crippen LogP contribution in [-0.4, -0.2) is 24.8 Å².